The van der Waals surface area contributed by atoms with E-state index in [0.29, 0.717) is 30.2 Å². The van der Waals surface area contributed by atoms with E-state index in [1.165, 1.54) is 0 Å². The average Bonchev–Trinajstić information content (AvgIpc) is 2.61. The molecule has 0 aliphatic rings. The van der Waals surface area contributed by atoms with Gasteiger partial charge in [0, 0.05) is 7.11 Å². The molecule has 0 unspecified atom stereocenters. The van der Waals surface area contributed by atoms with Crippen molar-refractivity contribution in [3.63, 3.8) is 0 Å². The van der Waals surface area contributed by atoms with Crippen molar-refractivity contribution in [1.82, 2.24) is 9.97 Å². The number of nitriles is 1. The van der Waals surface area contributed by atoms with Gasteiger partial charge in [0.05, 0.1) is 29.1 Å². The molecule has 120 valence electrons. The molecule has 0 radical (unpaired) electrons. The summed E-state index contributed by atoms with van der Waals surface area (Å²) in [4.78, 5) is 8.41. The largest absolute Gasteiger partial charge is 0.475 e. The highest BCUT2D eigenvalue weighted by Gasteiger charge is 2.10. The van der Waals surface area contributed by atoms with E-state index in [4.69, 9.17) is 20.5 Å². The molecule has 3 rings (SSSR count). The standard InChI is InChI=1S/C18H16N4O2/c1-23-7-8-24-17-15-10-14(5-6-16(15)21-18(20)22-17)13-4-2-3-12(9-13)11-19/h2-6,9-10H,7-8H2,1H3,(H2,20,21,22). The molecule has 6 heteroatoms. The normalized spacial score (nSPS) is 10.5. The summed E-state index contributed by atoms with van der Waals surface area (Å²) >= 11 is 0. The molecule has 24 heavy (non-hydrogen) atoms. The van der Waals surface area contributed by atoms with Crippen LogP contribution in [0.1, 0.15) is 5.56 Å². The van der Waals surface area contributed by atoms with Crippen LogP contribution in [0.25, 0.3) is 22.0 Å². The van der Waals surface area contributed by atoms with Crippen molar-refractivity contribution in [2.45, 2.75) is 0 Å². The van der Waals surface area contributed by atoms with E-state index in [-0.39, 0.29) is 5.95 Å². The van der Waals surface area contributed by atoms with Crippen LogP contribution < -0.4 is 10.5 Å². The van der Waals surface area contributed by atoms with Crippen molar-refractivity contribution in [3.8, 4) is 23.1 Å². The lowest BCUT2D eigenvalue weighted by molar-refractivity contribution is 0.144. The topological polar surface area (TPSA) is 94.1 Å². The van der Waals surface area contributed by atoms with Crippen LogP contribution in [0.15, 0.2) is 42.5 Å². The molecular weight excluding hydrogens is 304 g/mol. The molecule has 3 aromatic rings. The maximum absolute atomic E-state index is 9.06. The molecule has 0 atom stereocenters. The SMILES string of the molecule is COCCOc1nc(N)nc2ccc(-c3cccc(C#N)c3)cc12. The van der Waals surface area contributed by atoms with Crippen molar-refractivity contribution in [2.75, 3.05) is 26.1 Å². The highest BCUT2D eigenvalue weighted by atomic mass is 16.5. The van der Waals surface area contributed by atoms with Crippen molar-refractivity contribution < 1.29 is 9.47 Å². The number of hydrogen-bond acceptors (Lipinski definition) is 6. The summed E-state index contributed by atoms with van der Waals surface area (Å²) < 4.78 is 10.7. The predicted octanol–water partition coefficient (Wildman–Crippen LogP) is 2.78. The lowest BCUT2D eigenvalue weighted by Crippen LogP contribution is -2.07. The second kappa shape index (κ2) is 6.94. The van der Waals surface area contributed by atoms with Crippen LogP contribution in [0, 0.1) is 11.3 Å². The van der Waals surface area contributed by atoms with E-state index >= 15 is 0 Å². The Hall–Kier alpha value is -3.17. The lowest BCUT2D eigenvalue weighted by atomic mass is 10.0. The number of aromatic nitrogens is 2. The molecule has 0 aliphatic heterocycles. The molecule has 2 aromatic carbocycles. The first kappa shape index (κ1) is 15.7. The summed E-state index contributed by atoms with van der Waals surface area (Å²) in [5.74, 6) is 0.585. The highest BCUT2D eigenvalue weighted by molar-refractivity contribution is 5.89. The highest BCUT2D eigenvalue weighted by Crippen LogP contribution is 2.29. The number of fused-ring (bicyclic) bond motifs is 1. The molecule has 0 amide bonds. The second-order valence-electron chi connectivity index (χ2n) is 5.15. The molecule has 0 fully saturated rings. The number of nitrogen functional groups attached to an aromatic ring is 1. The summed E-state index contributed by atoms with van der Waals surface area (Å²) in [5.41, 5.74) is 8.95. The smallest absolute Gasteiger partial charge is 0.226 e. The average molecular weight is 320 g/mol. The van der Waals surface area contributed by atoms with E-state index in [2.05, 4.69) is 16.0 Å². The van der Waals surface area contributed by atoms with Crippen LogP contribution in [0.4, 0.5) is 5.95 Å². The third kappa shape index (κ3) is 3.26. The first-order valence-corrected chi connectivity index (χ1v) is 7.41. The van der Waals surface area contributed by atoms with Crippen LogP contribution in [0.2, 0.25) is 0 Å². The van der Waals surface area contributed by atoms with Gasteiger partial charge < -0.3 is 15.2 Å². The molecule has 0 bridgehead atoms. The minimum atomic E-state index is 0.161. The first-order chi connectivity index (χ1) is 11.7. The number of nitrogens with zero attached hydrogens (tertiary/aromatic N) is 3. The summed E-state index contributed by atoms with van der Waals surface area (Å²) in [6.07, 6.45) is 0. The maximum Gasteiger partial charge on any atom is 0.226 e. The van der Waals surface area contributed by atoms with Crippen LogP contribution in [-0.2, 0) is 4.74 Å². The zero-order chi connectivity index (χ0) is 16.9. The number of rotatable bonds is 5. The third-order valence-corrected chi connectivity index (χ3v) is 3.53. The minimum absolute atomic E-state index is 0.161. The predicted molar refractivity (Wildman–Crippen MR) is 91.5 cm³/mol. The van der Waals surface area contributed by atoms with Gasteiger partial charge >= 0.3 is 0 Å². The fourth-order valence-corrected chi connectivity index (χ4v) is 2.40. The zero-order valence-corrected chi connectivity index (χ0v) is 13.2. The molecule has 1 aromatic heterocycles. The van der Waals surface area contributed by atoms with E-state index < -0.39 is 0 Å². The quantitative estimate of drug-likeness (QED) is 0.726. The molecule has 0 saturated carbocycles. The van der Waals surface area contributed by atoms with Gasteiger partial charge in [-0.2, -0.15) is 10.2 Å². The maximum atomic E-state index is 9.06. The molecule has 6 nitrogen and oxygen atoms in total. The monoisotopic (exact) mass is 320 g/mol. The number of anilines is 1. The Morgan fingerprint density at radius 3 is 2.71 bits per heavy atom. The first-order valence-electron chi connectivity index (χ1n) is 7.41. The van der Waals surface area contributed by atoms with E-state index in [1.54, 1.807) is 13.2 Å². The Morgan fingerprint density at radius 2 is 1.92 bits per heavy atom. The van der Waals surface area contributed by atoms with Crippen molar-refractivity contribution in [1.29, 1.82) is 5.26 Å². The zero-order valence-electron chi connectivity index (χ0n) is 13.2. The van der Waals surface area contributed by atoms with Gasteiger partial charge in [-0.25, -0.2) is 4.98 Å². The van der Waals surface area contributed by atoms with Gasteiger partial charge in [-0.3, -0.25) is 0 Å². The van der Waals surface area contributed by atoms with E-state index in [0.717, 1.165) is 16.5 Å². The van der Waals surface area contributed by atoms with Crippen molar-refractivity contribution >= 4 is 16.9 Å². The minimum Gasteiger partial charge on any atom is -0.475 e. The van der Waals surface area contributed by atoms with Gasteiger partial charge in [-0.15, -0.1) is 0 Å². The van der Waals surface area contributed by atoms with Crippen molar-refractivity contribution in [2.24, 2.45) is 0 Å². The van der Waals surface area contributed by atoms with Crippen molar-refractivity contribution in [3.05, 3.63) is 48.0 Å². The summed E-state index contributed by atoms with van der Waals surface area (Å²) in [5, 5.41) is 9.82. The fourth-order valence-electron chi connectivity index (χ4n) is 2.40. The molecular formula is C18H16N4O2. The summed E-state index contributed by atoms with van der Waals surface area (Å²) in [6, 6.07) is 15.3. The number of hydrogen-bond donors (Lipinski definition) is 1. The Kier molecular flexibility index (Phi) is 4.54. The van der Waals surface area contributed by atoms with Gasteiger partial charge in [0.25, 0.3) is 0 Å². The molecule has 0 saturated heterocycles. The molecule has 1 heterocycles. The van der Waals surface area contributed by atoms with Crippen LogP contribution in [0.5, 0.6) is 5.88 Å². The number of benzene rings is 2. The van der Waals surface area contributed by atoms with Gasteiger partial charge in [0.1, 0.15) is 6.61 Å². The van der Waals surface area contributed by atoms with Gasteiger partial charge in [-0.05, 0) is 35.4 Å². The number of ether oxygens (including phenoxy) is 2. The molecule has 2 N–H and O–H groups in total. The summed E-state index contributed by atoms with van der Waals surface area (Å²) in [6.45, 7) is 0.825. The van der Waals surface area contributed by atoms with Crippen LogP contribution in [-0.4, -0.2) is 30.3 Å². The Morgan fingerprint density at radius 1 is 1.08 bits per heavy atom. The van der Waals surface area contributed by atoms with E-state index in [9.17, 15) is 0 Å². The lowest BCUT2D eigenvalue weighted by Gasteiger charge is -2.10. The second-order valence-corrected chi connectivity index (χ2v) is 5.15. The van der Waals surface area contributed by atoms with Gasteiger partial charge in [0.2, 0.25) is 11.8 Å². The van der Waals surface area contributed by atoms with Gasteiger partial charge in [0.15, 0.2) is 0 Å². The van der Waals surface area contributed by atoms with Crippen LogP contribution >= 0.6 is 0 Å². The summed E-state index contributed by atoms with van der Waals surface area (Å²) in [7, 11) is 1.61. The Labute approximate surface area is 139 Å². The molecule has 0 spiro atoms. The Balaban J connectivity index is 2.07. The van der Waals surface area contributed by atoms with Gasteiger partial charge in [-0.1, -0.05) is 18.2 Å². The van der Waals surface area contributed by atoms with Crippen LogP contribution in [0.3, 0.4) is 0 Å². The Bertz CT molecular complexity index is 919. The fraction of sp³-hybridized carbons (Fsp3) is 0.167. The number of methoxy groups -OCH3 is 1. The number of nitrogens with two attached hydrogens (primary N) is 1. The third-order valence-electron chi connectivity index (χ3n) is 3.53. The van der Waals surface area contributed by atoms with E-state index in [1.807, 2.05) is 36.4 Å². The molecule has 0 aliphatic carbocycles.